The maximum atomic E-state index is 5.77. The lowest BCUT2D eigenvalue weighted by atomic mass is 10.1. The van der Waals surface area contributed by atoms with Crippen LogP contribution in [0.15, 0.2) is 61.2 Å². The second-order valence-corrected chi connectivity index (χ2v) is 4.65. The molecule has 0 saturated heterocycles. The van der Waals surface area contributed by atoms with Gasteiger partial charge in [0.15, 0.2) is 0 Å². The SMILES string of the molecule is C=CCc1ccccc1OCCOc1cccc(CN)c1. The molecule has 0 atom stereocenters. The average Bonchev–Trinajstić information content (AvgIpc) is 2.53. The molecule has 0 amide bonds. The first-order valence-corrected chi connectivity index (χ1v) is 7.07. The van der Waals surface area contributed by atoms with E-state index in [4.69, 9.17) is 15.2 Å². The van der Waals surface area contributed by atoms with E-state index in [1.807, 2.05) is 54.6 Å². The van der Waals surface area contributed by atoms with Gasteiger partial charge in [-0.15, -0.1) is 6.58 Å². The first-order chi connectivity index (χ1) is 10.3. The molecule has 0 aromatic heterocycles. The predicted octanol–water partition coefficient (Wildman–Crippen LogP) is 3.33. The lowest BCUT2D eigenvalue weighted by Crippen LogP contribution is -2.10. The highest BCUT2D eigenvalue weighted by molar-refractivity contribution is 5.34. The molecule has 3 nitrogen and oxygen atoms in total. The minimum absolute atomic E-state index is 0.496. The van der Waals surface area contributed by atoms with E-state index in [0.717, 1.165) is 29.0 Å². The Kier molecular flexibility index (Phi) is 5.85. The van der Waals surface area contributed by atoms with Crippen molar-refractivity contribution >= 4 is 0 Å². The van der Waals surface area contributed by atoms with E-state index in [1.165, 1.54) is 0 Å². The van der Waals surface area contributed by atoms with Crippen molar-refractivity contribution in [1.29, 1.82) is 0 Å². The lowest BCUT2D eigenvalue weighted by Gasteiger charge is -2.11. The van der Waals surface area contributed by atoms with Gasteiger partial charge in [-0.1, -0.05) is 36.4 Å². The summed E-state index contributed by atoms with van der Waals surface area (Å²) in [7, 11) is 0. The van der Waals surface area contributed by atoms with Gasteiger partial charge in [0.1, 0.15) is 24.7 Å². The zero-order valence-corrected chi connectivity index (χ0v) is 12.1. The van der Waals surface area contributed by atoms with E-state index in [-0.39, 0.29) is 0 Å². The molecule has 2 aromatic carbocycles. The van der Waals surface area contributed by atoms with Crippen LogP contribution in [-0.2, 0) is 13.0 Å². The van der Waals surface area contributed by atoms with Crippen molar-refractivity contribution in [2.75, 3.05) is 13.2 Å². The van der Waals surface area contributed by atoms with Crippen molar-refractivity contribution in [3.05, 3.63) is 72.3 Å². The Hall–Kier alpha value is -2.26. The molecule has 0 fully saturated rings. The van der Waals surface area contributed by atoms with E-state index in [0.29, 0.717) is 19.8 Å². The third-order valence-corrected chi connectivity index (χ3v) is 3.08. The minimum atomic E-state index is 0.496. The predicted molar refractivity (Wildman–Crippen MR) is 85.7 cm³/mol. The first kappa shape index (κ1) is 15.1. The maximum absolute atomic E-state index is 5.77. The number of allylic oxidation sites excluding steroid dienone is 1. The standard InChI is InChI=1S/C18H21NO2/c1-2-6-16-8-3-4-10-18(16)21-12-11-20-17-9-5-7-15(13-17)14-19/h2-5,7-10,13H,1,6,11-12,14,19H2. The van der Waals surface area contributed by atoms with Gasteiger partial charge >= 0.3 is 0 Å². The van der Waals surface area contributed by atoms with Gasteiger partial charge in [-0.25, -0.2) is 0 Å². The third kappa shape index (κ3) is 4.65. The van der Waals surface area contributed by atoms with Gasteiger partial charge in [-0.3, -0.25) is 0 Å². The average molecular weight is 283 g/mol. The Bertz CT molecular complexity index is 581. The van der Waals surface area contributed by atoms with Crippen LogP contribution in [0.25, 0.3) is 0 Å². The number of ether oxygens (including phenoxy) is 2. The molecule has 2 rings (SSSR count). The Morgan fingerprint density at radius 3 is 2.62 bits per heavy atom. The van der Waals surface area contributed by atoms with E-state index in [9.17, 15) is 0 Å². The van der Waals surface area contributed by atoms with Gasteiger partial charge in [0.2, 0.25) is 0 Å². The van der Waals surface area contributed by atoms with Crippen LogP contribution in [0.5, 0.6) is 11.5 Å². The fraction of sp³-hybridized carbons (Fsp3) is 0.222. The Balaban J connectivity index is 1.83. The third-order valence-electron chi connectivity index (χ3n) is 3.08. The fourth-order valence-corrected chi connectivity index (χ4v) is 2.04. The van der Waals surface area contributed by atoms with Crippen LogP contribution in [-0.4, -0.2) is 13.2 Å². The van der Waals surface area contributed by atoms with Gasteiger partial charge in [0, 0.05) is 6.54 Å². The number of hydrogen-bond acceptors (Lipinski definition) is 3. The quantitative estimate of drug-likeness (QED) is 0.597. The molecule has 0 aliphatic heterocycles. The van der Waals surface area contributed by atoms with Crippen molar-refractivity contribution in [3.8, 4) is 11.5 Å². The molecular weight excluding hydrogens is 262 g/mol. The molecule has 2 N–H and O–H groups in total. The minimum Gasteiger partial charge on any atom is -0.490 e. The molecule has 2 aromatic rings. The topological polar surface area (TPSA) is 44.5 Å². The van der Waals surface area contributed by atoms with Crippen LogP contribution < -0.4 is 15.2 Å². The summed E-state index contributed by atoms with van der Waals surface area (Å²) >= 11 is 0. The second-order valence-electron chi connectivity index (χ2n) is 4.65. The van der Waals surface area contributed by atoms with Crippen LogP contribution in [0.1, 0.15) is 11.1 Å². The molecule has 0 radical (unpaired) electrons. The summed E-state index contributed by atoms with van der Waals surface area (Å²) in [4.78, 5) is 0. The molecule has 21 heavy (non-hydrogen) atoms. The molecule has 0 heterocycles. The van der Waals surface area contributed by atoms with E-state index in [2.05, 4.69) is 6.58 Å². The summed E-state index contributed by atoms with van der Waals surface area (Å²) in [6.07, 6.45) is 2.67. The molecule has 0 unspecified atom stereocenters. The smallest absolute Gasteiger partial charge is 0.122 e. The molecule has 0 saturated carbocycles. The molecule has 3 heteroatoms. The number of para-hydroxylation sites is 1. The molecule has 0 aliphatic carbocycles. The van der Waals surface area contributed by atoms with Crippen molar-refractivity contribution < 1.29 is 9.47 Å². The second kappa shape index (κ2) is 8.12. The molecule has 0 bridgehead atoms. The van der Waals surface area contributed by atoms with Gasteiger partial charge in [-0.2, -0.15) is 0 Å². The lowest BCUT2D eigenvalue weighted by molar-refractivity contribution is 0.216. The fourth-order valence-electron chi connectivity index (χ4n) is 2.04. The maximum Gasteiger partial charge on any atom is 0.122 e. The largest absolute Gasteiger partial charge is 0.490 e. The van der Waals surface area contributed by atoms with Gasteiger partial charge < -0.3 is 15.2 Å². The number of benzene rings is 2. The summed E-state index contributed by atoms with van der Waals surface area (Å²) in [6.45, 7) is 5.27. The Morgan fingerprint density at radius 1 is 1.00 bits per heavy atom. The van der Waals surface area contributed by atoms with Crippen LogP contribution in [0, 0.1) is 0 Å². The van der Waals surface area contributed by atoms with Gasteiger partial charge in [-0.05, 0) is 35.7 Å². The number of rotatable bonds is 8. The van der Waals surface area contributed by atoms with Crippen LogP contribution in [0.4, 0.5) is 0 Å². The number of nitrogens with two attached hydrogens (primary N) is 1. The van der Waals surface area contributed by atoms with E-state index in [1.54, 1.807) is 0 Å². The van der Waals surface area contributed by atoms with Crippen LogP contribution in [0.2, 0.25) is 0 Å². The van der Waals surface area contributed by atoms with Crippen molar-refractivity contribution in [2.45, 2.75) is 13.0 Å². The summed E-state index contributed by atoms with van der Waals surface area (Å²) < 4.78 is 11.4. The highest BCUT2D eigenvalue weighted by Crippen LogP contribution is 2.19. The van der Waals surface area contributed by atoms with Crippen LogP contribution in [0.3, 0.4) is 0 Å². The highest BCUT2D eigenvalue weighted by Gasteiger charge is 2.01. The monoisotopic (exact) mass is 283 g/mol. The zero-order valence-electron chi connectivity index (χ0n) is 12.1. The summed E-state index contributed by atoms with van der Waals surface area (Å²) in [5.41, 5.74) is 7.80. The van der Waals surface area contributed by atoms with E-state index >= 15 is 0 Å². The Morgan fingerprint density at radius 2 is 1.81 bits per heavy atom. The normalized spacial score (nSPS) is 10.1. The van der Waals surface area contributed by atoms with Gasteiger partial charge in [0.25, 0.3) is 0 Å². The van der Waals surface area contributed by atoms with Crippen molar-refractivity contribution in [2.24, 2.45) is 5.73 Å². The Labute approximate surface area is 126 Å². The van der Waals surface area contributed by atoms with Crippen molar-refractivity contribution in [1.82, 2.24) is 0 Å². The molecular formula is C18H21NO2. The highest BCUT2D eigenvalue weighted by atomic mass is 16.5. The summed E-state index contributed by atoms with van der Waals surface area (Å²) in [6, 6.07) is 15.8. The molecule has 0 aliphatic rings. The number of hydrogen-bond donors (Lipinski definition) is 1. The molecule has 0 spiro atoms. The van der Waals surface area contributed by atoms with E-state index < -0.39 is 0 Å². The first-order valence-electron chi connectivity index (χ1n) is 7.07. The summed E-state index contributed by atoms with van der Waals surface area (Å²) in [5.74, 6) is 1.71. The zero-order chi connectivity index (χ0) is 14.9. The van der Waals surface area contributed by atoms with Crippen molar-refractivity contribution in [3.63, 3.8) is 0 Å². The summed E-state index contributed by atoms with van der Waals surface area (Å²) in [5, 5.41) is 0. The molecule has 110 valence electrons. The van der Waals surface area contributed by atoms with Crippen LogP contribution >= 0.6 is 0 Å². The van der Waals surface area contributed by atoms with Gasteiger partial charge in [0.05, 0.1) is 0 Å².